The number of hydrogen-bond acceptors (Lipinski definition) is 6. The molecular weight excluding hydrogens is 439 g/mol. The number of nitrogens with zero attached hydrogens (tertiary/aromatic N) is 4. The molecule has 0 bridgehead atoms. The number of aromatic nitrogens is 3. The number of amides is 1. The summed E-state index contributed by atoms with van der Waals surface area (Å²) >= 11 is 0. The average Bonchev–Trinajstić information content (AvgIpc) is 3.38. The number of imidazole rings is 1. The fourth-order valence-electron chi connectivity index (χ4n) is 3.35. The molecule has 4 aromatic rings. The summed E-state index contributed by atoms with van der Waals surface area (Å²) in [5, 5.41) is 2.97. The first-order valence-electron chi connectivity index (χ1n) is 9.75. The molecule has 0 aliphatic rings. The van der Waals surface area contributed by atoms with Gasteiger partial charge in [0.2, 0.25) is 0 Å². The van der Waals surface area contributed by atoms with Crippen molar-refractivity contribution in [2.45, 2.75) is 13.1 Å². The Hall–Kier alpha value is -4.02. The van der Waals surface area contributed by atoms with Gasteiger partial charge in [-0.15, -0.1) is 0 Å². The van der Waals surface area contributed by atoms with E-state index in [0.717, 1.165) is 12.3 Å². The summed E-state index contributed by atoms with van der Waals surface area (Å²) in [5.74, 6) is 0.543. The lowest BCUT2D eigenvalue weighted by molar-refractivity contribution is -0.137. The van der Waals surface area contributed by atoms with Crippen molar-refractivity contribution in [2.75, 3.05) is 26.5 Å². The molecule has 11 heteroatoms. The van der Waals surface area contributed by atoms with Gasteiger partial charge < -0.3 is 23.8 Å². The number of methoxy groups -OCH3 is 1. The number of rotatable bonds is 5. The number of oxazole rings is 1. The van der Waals surface area contributed by atoms with Crippen LogP contribution < -0.4 is 10.1 Å². The minimum absolute atomic E-state index is 0.0242. The molecule has 0 saturated carbocycles. The summed E-state index contributed by atoms with van der Waals surface area (Å²) in [6, 6.07) is 5.97. The molecule has 33 heavy (non-hydrogen) atoms. The van der Waals surface area contributed by atoms with Crippen LogP contribution in [-0.2, 0) is 6.18 Å². The van der Waals surface area contributed by atoms with E-state index < -0.39 is 17.6 Å². The molecule has 1 N–H and O–H groups in total. The topological polar surface area (TPSA) is 84.9 Å². The fourth-order valence-corrected chi connectivity index (χ4v) is 3.35. The van der Waals surface area contributed by atoms with Crippen LogP contribution in [0.3, 0.4) is 0 Å². The van der Waals surface area contributed by atoms with E-state index in [1.54, 1.807) is 25.1 Å². The number of hydrogen-bond donors (Lipinski definition) is 1. The number of carbonyl (C=O) groups excluding carboxylic acids is 1. The maximum atomic E-state index is 13.5. The summed E-state index contributed by atoms with van der Waals surface area (Å²) in [6.07, 6.45) is -1.10. The molecule has 0 radical (unpaired) electrons. The van der Waals surface area contributed by atoms with Crippen LogP contribution in [0.4, 0.5) is 24.5 Å². The smallest absolute Gasteiger partial charge is 0.417 e. The zero-order chi connectivity index (χ0) is 23.9. The molecule has 3 aromatic heterocycles. The Morgan fingerprint density at radius 3 is 2.58 bits per heavy atom. The predicted octanol–water partition coefficient (Wildman–Crippen LogP) is 4.77. The Kier molecular flexibility index (Phi) is 5.48. The molecule has 0 unspecified atom stereocenters. The third-order valence-corrected chi connectivity index (χ3v) is 4.97. The van der Waals surface area contributed by atoms with Gasteiger partial charge in [0.25, 0.3) is 5.91 Å². The highest BCUT2D eigenvalue weighted by molar-refractivity contribution is 5.93. The number of halogens is 3. The van der Waals surface area contributed by atoms with Crippen LogP contribution in [0.25, 0.3) is 17.0 Å². The van der Waals surface area contributed by atoms with E-state index in [2.05, 4.69) is 15.3 Å². The minimum Gasteiger partial charge on any atom is -0.496 e. The average molecular weight is 459 g/mol. The highest BCUT2D eigenvalue weighted by Gasteiger charge is 2.32. The second-order valence-corrected chi connectivity index (χ2v) is 7.50. The normalized spacial score (nSPS) is 11.6. The van der Waals surface area contributed by atoms with Gasteiger partial charge in [-0.3, -0.25) is 4.79 Å². The van der Waals surface area contributed by atoms with Crippen LogP contribution in [0.1, 0.15) is 21.7 Å². The van der Waals surface area contributed by atoms with Gasteiger partial charge in [0.15, 0.2) is 17.8 Å². The van der Waals surface area contributed by atoms with Crippen molar-refractivity contribution in [3.05, 3.63) is 60.0 Å². The van der Waals surface area contributed by atoms with Gasteiger partial charge in [0, 0.05) is 38.2 Å². The molecule has 1 amide bonds. The zero-order valence-electron chi connectivity index (χ0n) is 18.2. The number of nitrogens with one attached hydrogen (secondary N) is 1. The van der Waals surface area contributed by atoms with Gasteiger partial charge in [0.05, 0.1) is 29.6 Å². The Balaban J connectivity index is 1.80. The molecule has 0 spiro atoms. The number of pyridine rings is 1. The monoisotopic (exact) mass is 459 g/mol. The molecule has 1 aromatic carbocycles. The molecular formula is C22H20F3N5O3. The van der Waals surface area contributed by atoms with Crippen molar-refractivity contribution in [2.24, 2.45) is 0 Å². The second kappa shape index (κ2) is 8.15. The number of anilines is 2. The van der Waals surface area contributed by atoms with Gasteiger partial charge in [-0.1, -0.05) is 0 Å². The van der Waals surface area contributed by atoms with E-state index >= 15 is 0 Å². The predicted molar refractivity (Wildman–Crippen MR) is 115 cm³/mol. The lowest BCUT2D eigenvalue weighted by Crippen LogP contribution is -2.21. The number of alkyl halides is 3. The van der Waals surface area contributed by atoms with Crippen LogP contribution in [0.2, 0.25) is 0 Å². The van der Waals surface area contributed by atoms with E-state index in [1.165, 1.54) is 43.1 Å². The summed E-state index contributed by atoms with van der Waals surface area (Å²) < 4.78 is 52.6. The first kappa shape index (κ1) is 22.2. The molecule has 0 aliphatic heterocycles. The first-order chi connectivity index (χ1) is 15.6. The van der Waals surface area contributed by atoms with E-state index in [-0.39, 0.29) is 17.0 Å². The van der Waals surface area contributed by atoms with Crippen molar-refractivity contribution >= 4 is 22.9 Å². The van der Waals surface area contributed by atoms with E-state index in [1.807, 2.05) is 0 Å². The van der Waals surface area contributed by atoms with E-state index in [9.17, 15) is 18.0 Å². The van der Waals surface area contributed by atoms with Crippen molar-refractivity contribution in [1.29, 1.82) is 0 Å². The summed E-state index contributed by atoms with van der Waals surface area (Å²) in [5.41, 5.74) is 1.15. The summed E-state index contributed by atoms with van der Waals surface area (Å²) in [6.45, 7) is 1.79. The summed E-state index contributed by atoms with van der Waals surface area (Å²) in [4.78, 5) is 21.9. The third-order valence-electron chi connectivity index (χ3n) is 4.97. The standard InChI is InChI=1S/C22H20F3N5O3/c1-12-19(33-11-26-12)15-6-5-14(8-18(15)32-4)27-16-7-13(22(23,24)25)9-30-10-17(28-20(16)30)21(31)29(2)3/h5-11,27H,1-4H3. The van der Waals surface area contributed by atoms with Crippen LogP contribution in [0.15, 0.2) is 47.5 Å². The zero-order valence-corrected chi connectivity index (χ0v) is 18.2. The van der Waals surface area contributed by atoms with Crippen molar-refractivity contribution < 1.29 is 27.1 Å². The van der Waals surface area contributed by atoms with Gasteiger partial charge in [-0.25, -0.2) is 9.97 Å². The number of ether oxygens (including phenoxy) is 1. The Morgan fingerprint density at radius 2 is 1.97 bits per heavy atom. The van der Waals surface area contributed by atoms with E-state index in [0.29, 0.717) is 28.5 Å². The van der Waals surface area contributed by atoms with Crippen molar-refractivity contribution in [1.82, 2.24) is 19.3 Å². The molecule has 8 nitrogen and oxygen atoms in total. The molecule has 172 valence electrons. The van der Waals surface area contributed by atoms with Crippen LogP contribution in [-0.4, -0.2) is 46.4 Å². The molecule has 0 atom stereocenters. The number of aryl methyl sites for hydroxylation is 1. The molecule has 0 aliphatic carbocycles. The first-order valence-corrected chi connectivity index (χ1v) is 9.75. The number of fused-ring (bicyclic) bond motifs is 1. The van der Waals surface area contributed by atoms with Crippen LogP contribution in [0.5, 0.6) is 5.75 Å². The van der Waals surface area contributed by atoms with Gasteiger partial charge >= 0.3 is 6.18 Å². The summed E-state index contributed by atoms with van der Waals surface area (Å²) in [7, 11) is 4.55. The highest BCUT2D eigenvalue weighted by atomic mass is 19.4. The van der Waals surface area contributed by atoms with Gasteiger partial charge in [-0.2, -0.15) is 13.2 Å². The lowest BCUT2D eigenvalue weighted by Gasteiger charge is -2.14. The molecule has 4 rings (SSSR count). The minimum atomic E-state index is -4.59. The van der Waals surface area contributed by atoms with Crippen LogP contribution in [0, 0.1) is 6.92 Å². The molecule has 0 saturated heterocycles. The second-order valence-electron chi connectivity index (χ2n) is 7.50. The van der Waals surface area contributed by atoms with E-state index in [4.69, 9.17) is 9.15 Å². The van der Waals surface area contributed by atoms with Crippen molar-refractivity contribution in [3.63, 3.8) is 0 Å². The number of benzene rings is 1. The highest BCUT2D eigenvalue weighted by Crippen LogP contribution is 2.37. The fraction of sp³-hybridized carbons (Fsp3) is 0.227. The van der Waals surface area contributed by atoms with Gasteiger partial charge in [-0.05, 0) is 25.1 Å². The quantitative estimate of drug-likeness (QED) is 0.463. The van der Waals surface area contributed by atoms with Crippen LogP contribution >= 0.6 is 0 Å². The Bertz CT molecular complexity index is 1340. The molecule has 3 heterocycles. The molecule has 0 fully saturated rings. The third kappa shape index (κ3) is 4.21. The maximum absolute atomic E-state index is 13.5. The largest absolute Gasteiger partial charge is 0.496 e. The van der Waals surface area contributed by atoms with Crippen molar-refractivity contribution in [3.8, 4) is 17.1 Å². The Labute approximate surface area is 186 Å². The SMILES string of the molecule is COc1cc(Nc2cc(C(F)(F)F)cn3cc(C(=O)N(C)C)nc23)ccc1-c1ocnc1C. The van der Waals surface area contributed by atoms with Gasteiger partial charge in [0.1, 0.15) is 11.4 Å². The maximum Gasteiger partial charge on any atom is 0.417 e. The Morgan fingerprint density at radius 1 is 1.21 bits per heavy atom. The lowest BCUT2D eigenvalue weighted by atomic mass is 10.1. The number of carbonyl (C=O) groups is 1.